The molecular formula is C6H11I2OP. The van der Waals surface area contributed by atoms with Gasteiger partial charge in [-0.25, -0.2) is 0 Å². The predicted molar refractivity (Wildman–Crippen MR) is 62.5 cm³/mol. The van der Waals surface area contributed by atoms with E-state index in [1.54, 1.807) is 0 Å². The molecule has 0 aromatic heterocycles. The number of rotatable bonds is 1. The first kappa shape index (κ1) is 9.78. The van der Waals surface area contributed by atoms with Crippen LogP contribution in [-0.4, -0.2) is 5.66 Å². The van der Waals surface area contributed by atoms with Crippen LogP contribution in [0.1, 0.15) is 32.1 Å². The van der Waals surface area contributed by atoms with Crippen LogP contribution in [0.2, 0.25) is 0 Å². The fourth-order valence-electron chi connectivity index (χ4n) is 1.38. The van der Waals surface area contributed by atoms with E-state index in [9.17, 15) is 4.57 Å². The molecule has 1 aliphatic rings. The Bertz CT molecular complexity index is 148. The second-order valence-corrected chi connectivity index (χ2v) is 18.7. The van der Waals surface area contributed by atoms with Crippen LogP contribution in [0.25, 0.3) is 0 Å². The van der Waals surface area contributed by atoms with Crippen LogP contribution in [0.15, 0.2) is 0 Å². The van der Waals surface area contributed by atoms with E-state index in [2.05, 4.69) is 44.1 Å². The fraction of sp³-hybridized carbons (Fsp3) is 1.00. The summed E-state index contributed by atoms with van der Waals surface area (Å²) in [5, 5.41) is 0. The number of hydrogen-bond donors (Lipinski definition) is 0. The lowest BCUT2D eigenvalue weighted by Crippen LogP contribution is -2.07. The molecule has 0 heterocycles. The normalized spacial score (nSPS) is 23.0. The Morgan fingerprint density at radius 3 is 1.90 bits per heavy atom. The molecule has 0 aliphatic heterocycles. The van der Waals surface area contributed by atoms with Gasteiger partial charge >= 0.3 is 0 Å². The molecule has 60 valence electrons. The largest absolute Gasteiger partial charge is 0.301 e. The van der Waals surface area contributed by atoms with Crippen LogP contribution in [0.3, 0.4) is 0 Å². The van der Waals surface area contributed by atoms with Gasteiger partial charge in [0, 0.05) is 49.7 Å². The van der Waals surface area contributed by atoms with Crippen molar-refractivity contribution in [1.82, 2.24) is 0 Å². The molecule has 0 atom stereocenters. The van der Waals surface area contributed by atoms with E-state index in [4.69, 9.17) is 0 Å². The molecule has 0 bridgehead atoms. The van der Waals surface area contributed by atoms with Crippen LogP contribution in [0.4, 0.5) is 0 Å². The fourth-order valence-corrected chi connectivity index (χ4v) is 5.69. The summed E-state index contributed by atoms with van der Waals surface area (Å²) in [6.07, 6.45) is 6.33. The van der Waals surface area contributed by atoms with Crippen molar-refractivity contribution in [1.29, 1.82) is 0 Å². The second kappa shape index (κ2) is 4.08. The van der Waals surface area contributed by atoms with Gasteiger partial charge in [-0.1, -0.05) is 19.3 Å². The van der Waals surface area contributed by atoms with Gasteiger partial charge in [-0.2, -0.15) is 0 Å². The monoisotopic (exact) mass is 384 g/mol. The minimum absolute atomic E-state index is 0.530. The standard InChI is InChI=1S/C6H11I2OP/c7-10(8,9)6-4-2-1-3-5-6/h6H,1-5H2. The molecular weight excluding hydrogens is 373 g/mol. The topological polar surface area (TPSA) is 17.1 Å². The molecule has 1 nitrogen and oxygen atoms in total. The van der Waals surface area contributed by atoms with Crippen molar-refractivity contribution in [2.45, 2.75) is 37.8 Å². The van der Waals surface area contributed by atoms with Gasteiger partial charge in [0.15, 0.2) is 0 Å². The molecule has 1 fully saturated rings. The van der Waals surface area contributed by atoms with Gasteiger partial charge in [-0.05, 0) is 12.8 Å². The van der Waals surface area contributed by atoms with Crippen LogP contribution in [0.5, 0.6) is 0 Å². The third-order valence-corrected chi connectivity index (χ3v) is 8.09. The first-order valence-electron chi connectivity index (χ1n) is 3.60. The maximum absolute atomic E-state index is 11.5. The molecule has 0 spiro atoms. The van der Waals surface area contributed by atoms with Crippen LogP contribution in [0, 0.1) is 0 Å². The van der Waals surface area contributed by atoms with Gasteiger partial charge in [-0.3, -0.25) is 0 Å². The summed E-state index contributed by atoms with van der Waals surface area (Å²) < 4.78 is 9.74. The van der Waals surface area contributed by atoms with Crippen molar-refractivity contribution in [3.05, 3.63) is 0 Å². The Hall–Kier alpha value is 1.69. The summed E-state index contributed by atoms with van der Waals surface area (Å²) in [6, 6.07) is 0. The van der Waals surface area contributed by atoms with Crippen LogP contribution < -0.4 is 0 Å². The van der Waals surface area contributed by atoms with Crippen molar-refractivity contribution >= 4 is 46.5 Å². The minimum Gasteiger partial charge on any atom is -0.301 e. The van der Waals surface area contributed by atoms with E-state index in [1.807, 2.05) is 0 Å². The molecule has 1 saturated carbocycles. The molecule has 0 amide bonds. The predicted octanol–water partition coefficient (Wildman–Crippen LogP) is 4.38. The zero-order valence-electron chi connectivity index (χ0n) is 5.72. The minimum atomic E-state index is -1.80. The van der Waals surface area contributed by atoms with Gasteiger partial charge in [0.2, 0.25) is 2.43 Å². The maximum atomic E-state index is 11.5. The highest BCUT2D eigenvalue weighted by atomic mass is 127. The van der Waals surface area contributed by atoms with Crippen LogP contribution >= 0.6 is 46.5 Å². The number of halogens is 2. The Kier molecular flexibility index (Phi) is 3.99. The molecule has 1 rings (SSSR count). The quantitative estimate of drug-likeness (QED) is 0.485. The lowest BCUT2D eigenvalue weighted by atomic mass is 10.0. The van der Waals surface area contributed by atoms with E-state index in [0.717, 1.165) is 0 Å². The third-order valence-electron chi connectivity index (χ3n) is 2.00. The lowest BCUT2D eigenvalue weighted by molar-refractivity contribution is 0.496. The van der Waals surface area contributed by atoms with E-state index in [-0.39, 0.29) is 0 Å². The number of hydrogen-bond acceptors (Lipinski definition) is 1. The average Bonchev–Trinajstić information content (AvgIpc) is 1.88. The Morgan fingerprint density at radius 2 is 1.60 bits per heavy atom. The molecule has 0 unspecified atom stereocenters. The summed E-state index contributed by atoms with van der Waals surface area (Å²) >= 11 is 4.28. The summed E-state index contributed by atoms with van der Waals surface area (Å²) in [5.41, 5.74) is 0.530. The molecule has 4 heteroatoms. The highest BCUT2D eigenvalue weighted by Crippen LogP contribution is 2.69. The molecule has 0 aromatic rings. The van der Waals surface area contributed by atoms with Gasteiger partial charge in [0.25, 0.3) is 0 Å². The summed E-state index contributed by atoms with van der Waals surface area (Å²) in [5.74, 6) is 0. The Balaban J connectivity index is 2.47. The van der Waals surface area contributed by atoms with E-state index < -0.39 is 2.43 Å². The highest BCUT2D eigenvalue weighted by molar-refractivity contribution is 14.3. The molecule has 0 aromatic carbocycles. The third kappa shape index (κ3) is 2.97. The summed E-state index contributed by atoms with van der Waals surface area (Å²) in [6.45, 7) is 0. The molecule has 0 N–H and O–H groups in total. The highest BCUT2D eigenvalue weighted by Gasteiger charge is 2.27. The van der Waals surface area contributed by atoms with Gasteiger partial charge in [0.1, 0.15) is 0 Å². The van der Waals surface area contributed by atoms with E-state index in [0.29, 0.717) is 5.66 Å². The molecule has 0 saturated heterocycles. The zero-order valence-corrected chi connectivity index (χ0v) is 10.9. The van der Waals surface area contributed by atoms with Crippen molar-refractivity contribution < 1.29 is 4.57 Å². The lowest BCUT2D eigenvalue weighted by Gasteiger charge is -2.22. The average molecular weight is 384 g/mol. The second-order valence-electron chi connectivity index (χ2n) is 2.79. The first-order chi connectivity index (χ1) is 4.61. The van der Waals surface area contributed by atoms with Gasteiger partial charge in [0.05, 0.1) is 0 Å². The zero-order chi connectivity index (χ0) is 7.61. The summed E-state index contributed by atoms with van der Waals surface area (Å²) in [7, 11) is 0. The summed E-state index contributed by atoms with van der Waals surface area (Å²) in [4.78, 5) is 0. The van der Waals surface area contributed by atoms with Crippen molar-refractivity contribution in [3.63, 3.8) is 0 Å². The van der Waals surface area contributed by atoms with Crippen molar-refractivity contribution in [2.75, 3.05) is 0 Å². The van der Waals surface area contributed by atoms with E-state index >= 15 is 0 Å². The molecule has 10 heavy (non-hydrogen) atoms. The van der Waals surface area contributed by atoms with Crippen molar-refractivity contribution in [3.8, 4) is 0 Å². The van der Waals surface area contributed by atoms with Gasteiger partial charge in [-0.15, -0.1) is 0 Å². The first-order valence-corrected chi connectivity index (χ1v) is 10.9. The molecule has 1 aliphatic carbocycles. The smallest absolute Gasteiger partial charge is 0.200 e. The van der Waals surface area contributed by atoms with E-state index in [1.165, 1.54) is 32.1 Å². The Labute approximate surface area is 88.1 Å². The molecule has 0 radical (unpaired) electrons. The van der Waals surface area contributed by atoms with Crippen molar-refractivity contribution in [2.24, 2.45) is 0 Å². The maximum Gasteiger partial charge on any atom is 0.200 e. The van der Waals surface area contributed by atoms with Gasteiger partial charge < -0.3 is 4.57 Å². The van der Waals surface area contributed by atoms with Crippen LogP contribution in [-0.2, 0) is 4.57 Å². The SMILES string of the molecule is O=P(I)(I)C1CCCCC1. The Morgan fingerprint density at radius 1 is 1.10 bits per heavy atom.